The van der Waals surface area contributed by atoms with Crippen molar-refractivity contribution in [2.24, 2.45) is 28.6 Å². The maximum Gasteiger partial charge on any atom is 0.0126 e. The molecule has 0 saturated heterocycles. The van der Waals surface area contributed by atoms with Crippen molar-refractivity contribution < 1.29 is 0 Å². The molecule has 5 aliphatic rings. The van der Waals surface area contributed by atoms with E-state index in [9.17, 15) is 0 Å². The van der Waals surface area contributed by atoms with Crippen LogP contribution in [0, 0.1) is 28.6 Å². The Balaban J connectivity index is 1.42. The van der Waals surface area contributed by atoms with Gasteiger partial charge in [-0.1, -0.05) is 25.5 Å². The van der Waals surface area contributed by atoms with E-state index in [0.717, 1.165) is 29.8 Å². The number of fused-ring (bicyclic) bond motifs is 5. The Morgan fingerprint density at radius 1 is 0.957 bits per heavy atom. The molecule has 23 heavy (non-hydrogen) atoms. The first-order valence-electron chi connectivity index (χ1n) is 10.6. The molecule has 0 bridgehead atoms. The standard InChI is InChI=1S/C22H35N/c1-21-13-4-3-5-15(21)6-9-17-18-10-11-20(23-16-7-8-16)22(18,2)14-12-19(17)21/h5,16-20,23H,3-4,6-14H2,1-2H3/t17-,18-,19-,20?,21-,22-/m0/s1. The van der Waals surface area contributed by atoms with E-state index in [1.807, 2.05) is 5.57 Å². The lowest BCUT2D eigenvalue weighted by Gasteiger charge is -2.58. The Morgan fingerprint density at radius 3 is 2.65 bits per heavy atom. The van der Waals surface area contributed by atoms with Gasteiger partial charge in [-0.25, -0.2) is 0 Å². The normalized spacial score (nSPS) is 52.3. The zero-order valence-electron chi connectivity index (χ0n) is 15.2. The van der Waals surface area contributed by atoms with Crippen LogP contribution in [0.25, 0.3) is 0 Å². The molecule has 5 rings (SSSR count). The average molecular weight is 314 g/mol. The fourth-order valence-electron chi connectivity index (χ4n) is 7.56. The third-order valence-corrected chi connectivity index (χ3v) is 9.04. The van der Waals surface area contributed by atoms with E-state index in [-0.39, 0.29) is 0 Å². The largest absolute Gasteiger partial charge is 0.311 e. The monoisotopic (exact) mass is 313 g/mol. The summed E-state index contributed by atoms with van der Waals surface area (Å²) < 4.78 is 0. The second-order valence-corrected chi connectivity index (χ2v) is 10.1. The molecule has 4 fully saturated rings. The Morgan fingerprint density at radius 2 is 1.83 bits per heavy atom. The minimum Gasteiger partial charge on any atom is -0.311 e. The second kappa shape index (κ2) is 5.10. The highest BCUT2D eigenvalue weighted by Gasteiger charge is 2.58. The van der Waals surface area contributed by atoms with Crippen LogP contribution in [0.2, 0.25) is 0 Å². The summed E-state index contributed by atoms with van der Waals surface area (Å²) in [7, 11) is 0. The molecule has 128 valence electrons. The van der Waals surface area contributed by atoms with Crippen LogP contribution in [-0.2, 0) is 0 Å². The summed E-state index contributed by atoms with van der Waals surface area (Å²) in [6.07, 6.45) is 18.7. The van der Waals surface area contributed by atoms with Crippen LogP contribution in [-0.4, -0.2) is 12.1 Å². The Labute approximate surface area is 142 Å². The highest BCUT2D eigenvalue weighted by Crippen LogP contribution is 2.65. The van der Waals surface area contributed by atoms with Crippen molar-refractivity contribution in [2.75, 3.05) is 0 Å². The van der Waals surface area contributed by atoms with Gasteiger partial charge >= 0.3 is 0 Å². The second-order valence-electron chi connectivity index (χ2n) is 10.1. The number of nitrogens with one attached hydrogen (secondary N) is 1. The van der Waals surface area contributed by atoms with Gasteiger partial charge in [0.05, 0.1) is 0 Å². The van der Waals surface area contributed by atoms with E-state index in [0.29, 0.717) is 10.8 Å². The third-order valence-electron chi connectivity index (χ3n) is 9.04. The summed E-state index contributed by atoms with van der Waals surface area (Å²) in [5.74, 6) is 3.04. The smallest absolute Gasteiger partial charge is 0.0126 e. The van der Waals surface area contributed by atoms with Gasteiger partial charge in [0.15, 0.2) is 0 Å². The Hall–Kier alpha value is -0.300. The van der Waals surface area contributed by atoms with Crippen molar-refractivity contribution in [1.29, 1.82) is 0 Å². The molecule has 0 amide bonds. The molecule has 0 spiro atoms. The van der Waals surface area contributed by atoms with E-state index in [2.05, 4.69) is 25.2 Å². The van der Waals surface area contributed by atoms with Crippen LogP contribution in [0.4, 0.5) is 0 Å². The zero-order valence-corrected chi connectivity index (χ0v) is 15.2. The summed E-state index contributed by atoms with van der Waals surface area (Å²) in [5.41, 5.74) is 3.04. The average Bonchev–Trinajstić information content (AvgIpc) is 3.29. The summed E-state index contributed by atoms with van der Waals surface area (Å²) in [6, 6.07) is 1.71. The minimum atomic E-state index is 0.574. The molecule has 4 saturated carbocycles. The maximum atomic E-state index is 4.04. The molecule has 0 aromatic rings. The fraction of sp³-hybridized carbons (Fsp3) is 0.909. The summed E-state index contributed by atoms with van der Waals surface area (Å²) in [6.45, 7) is 5.31. The van der Waals surface area contributed by atoms with Crippen molar-refractivity contribution >= 4 is 0 Å². The summed E-state index contributed by atoms with van der Waals surface area (Å²) in [5, 5.41) is 4.04. The van der Waals surface area contributed by atoms with Crippen molar-refractivity contribution in [3.63, 3.8) is 0 Å². The van der Waals surface area contributed by atoms with Crippen molar-refractivity contribution in [3.05, 3.63) is 11.6 Å². The minimum absolute atomic E-state index is 0.574. The maximum absolute atomic E-state index is 4.04. The van der Waals surface area contributed by atoms with E-state index < -0.39 is 0 Å². The molecular formula is C22H35N. The van der Waals surface area contributed by atoms with Crippen molar-refractivity contribution in [3.8, 4) is 0 Å². The van der Waals surface area contributed by atoms with Gasteiger partial charge in [0.1, 0.15) is 0 Å². The lowest BCUT2D eigenvalue weighted by molar-refractivity contribution is -0.0443. The molecule has 0 aromatic heterocycles. The zero-order chi connectivity index (χ0) is 15.7. The van der Waals surface area contributed by atoms with Crippen LogP contribution < -0.4 is 5.32 Å². The first kappa shape index (κ1) is 15.0. The van der Waals surface area contributed by atoms with Crippen molar-refractivity contribution in [1.82, 2.24) is 5.32 Å². The number of hydrogen-bond acceptors (Lipinski definition) is 1. The molecule has 1 nitrogen and oxygen atoms in total. The van der Waals surface area contributed by atoms with Crippen LogP contribution in [0.5, 0.6) is 0 Å². The molecule has 6 atom stereocenters. The van der Waals surface area contributed by atoms with Crippen LogP contribution in [0.3, 0.4) is 0 Å². The molecule has 0 aliphatic heterocycles. The molecule has 1 N–H and O–H groups in total. The molecule has 0 heterocycles. The van der Waals surface area contributed by atoms with E-state index in [1.165, 1.54) is 70.6 Å². The topological polar surface area (TPSA) is 12.0 Å². The number of allylic oxidation sites excluding steroid dienone is 2. The SMILES string of the molecule is C[C@]12CCCC=C1CC[C@@H]1[C@@H]2CC[C@]2(C)C(NC3CC3)CC[C@@H]12. The fourth-order valence-corrected chi connectivity index (χ4v) is 7.56. The molecular weight excluding hydrogens is 278 g/mol. The van der Waals surface area contributed by atoms with Gasteiger partial charge < -0.3 is 5.32 Å². The van der Waals surface area contributed by atoms with Gasteiger partial charge in [0.25, 0.3) is 0 Å². The number of hydrogen-bond donors (Lipinski definition) is 1. The lowest BCUT2D eigenvalue weighted by Crippen LogP contribution is -2.53. The Bertz CT molecular complexity index is 518. The van der Waals surface area contributed by atoms with Gasteiger partial charge in [0, 0.05) is 12.1 Å². The predicted octanol–water partition coefficient (Wildman–Crippen LogP) is 5.46. The van der Waals surface area contributed by atoms with Gasteiger partial charge in [-0.05, 0) is 99.2 Å². The highest BCUT2D eigenvalue weighted by molar-refractivity contribution is 5.24. The number of rotatable bonds is 2. The lowest BCUT2D eigenvalue weighted by atomic mass is 9.47. The van der Waals surface area contributed by atoms with E-state index >= 15 is 0 Å². The molecule has 0 radical (unpaired) electrons. The van der Waals surface area contributed by atoms with E-state index in [1.54, 1.807) is 0 Å². The van der Waals surface area contributed by atoms with Gasteiger partial charge in [-0.3, -0.25) is 0 Å². The summed E-state index contributed by atoms with van der Waals surface area (Å²) >= 11 is 0. The first-order valence-corrected chi connectivity index (χ1v) is 10.6. The van der Waals surface area contributed by atoms with E-state index in [4.69, 9.17) is 0 Å². The molecule has 0 aromatic carbocycles. The molecule has 1 unspecified atom stereocenters. The van der Waals surface area contributed by atoms with Gasteiger partial charge in [0.2, 0.25) is 0 Å². The molecule has 1 heteroatoms. The molecule has 5 aliphatic carbocycles. The quantitative estimate of drug-likeness (QED) is 0.667. The van der Waals surface area contributed by atoms with Crippen LogP contribution in [0.15, 0.2) is 11.6 Å². The van der Waals surface area contributed by atoms with Crippen LogP contribution in [0.1, 0.15) is 84.5 Å². The third kappa shape index (κ3) is 2.14. The van der Waals surface area contributed by atoms with Crippen LogP contribution >= 0.6 is 0 Å². The first-order chi connectivity index (χ1) is 11.1. The van der Waals surface area contributed by atoms with Gasteiger partial charge in [-0.15, -0.1) is 0 Å². The predicted molar refractivity (Wildman–Crippen MR) is 96.3 cm³/mol. The van der Waals surface area contributed by atoms with Gasteiger partial charge in [-0.2, -0.15) is 0 Å². The van der Waals surface area contributed by atoms with Crippen molar-refractivity contribution in [2.45, 2.75) is 96.6 Å². The highest BCUT2D eigenvalue weighted by atomic mass is 15.0. The summed E-state index contributed by atoms with van der Waals surface area (Å²) in [4.78, 5) is 0. The Kier molecular flexibility index (Phi) is 3.32.